The molecule has 0 aromatic rings. The van der Waals surface area contributed by atoms with E-state index in [1.54, 1.807) is 4.90 Å². The topological polar surface area (TPSA) is 29.5 Å². The largest absolute Gasteiger partial charge is 0.444 e. The van der Waals surface area contributed by atoms with E-state index < -0.39 is 5.60 Å². The Labute approximate surface area is 96.9 Å². The van der Waals surface area contributed by atoms with Crippen molar-refractivity contribution in [3.8, 4) is 0 Å². The zero-order valence-corrected chi connectivity index (χ0v) is 10.5. The van der Waals surface area contributed by atoms with Crippen molar-refractivity contribution in [1.82, 2.24) is 4.90 Å². The minimum Gasteiger partial charge on any atom is -0.444 e. The Kier molecular flexibility index (Phi) is 4.56. The zero-order valence-electron chi connectivity index (χ0n) is 10.5. The molecule has 1 heterocycles. The summed E-state index contributed by atoms with van der Waals surface area (Å²) in [4.78, 5) is 13.5. The summed E-state index contributed by atoms with van der Waals surface area (Å²) < 4.78 is 17.5. The highest BCUT2D eigenvalue weighted by Gasteiger charge is 2.27. The lowest BCUT2D eigenvalue weighted by Gasteiger charge is -2.33. The maximum atomic E-state index is 12.2. The fourth-order valence-corrected chi connectivity index (χ4v) is 1.95. The summed E-state index contributed by atoms with van der Waals surface area (Å²) in [5, 5.41) is 0. The van der Waals surface area contributed by atoms with Crippen molar-refractivity contribution in [2.24, 2.45) is 5.92 Å². The molecule has 94 valence electrons. The van der Waals surface area contributed by atoms with E-state index in [9.17, 15) is 9.18 Å². The summed E-state index contributed by atoms with van der Waals surface area (Å²) in [5.74, 6) is 0.297. The van der Waals surface area contributed by atoms with E-state index >= 15 is 0 Å². The molecular formula is C12H22FNO2. The number of halogens is 1. The van der Waals surface area contributed by atoms with Gasteiger partial charge in [-0.3, -0.25) is 4.39 Å². The summed E-state index contributed by atoms with van der Waals surface area (Å²) in [6, 6.07) is 0. The third kappa shape index (κ3) is 4.37. The molecule has 0 bridgehead atoms. The standard InChI is InChI=1S/C12H22FNO2/c1-12(2,3)16-11(15)14-8-4-5-10(9-14)6-7-13/h10H,4-9H2,1-3H3. The van der Waals surface area contributed by atoms with Crippen LogP contribution in [0.15, 0.2) is 0 Å². The number of amides is 1. The zero-order chi connectivity index (χ0) is 12.2. The lowest BCUT2D eigenvalue weighted by molar-refractivity contribution is 0.0158. The number of hydrogen-bond donors (Lipinski definition) is 0. The minimum atomic E-state index is -0.454. The van der Waals surface area contributed by atoms with E-state index in [1.165, 1.54) is 0 Å². The van der Waals surface area contributed by atoms with E-state index in [1.807, 2.05) is 20.8 Å². The highest BCUT2D eigenvalue weighted by Crippen LogP contribution is 2.21. The summed E-state index contributed by atoms with van der Waals surface area (Å²) in [7, 11) is 0. The van der Waals surface area contributed by atoms with Crippen molar-refractivity contribution in [2.75, 3.05) is 19.8 Å². The minimum absolute atomic E-state index is 0.268. The van der Waals surface area contributed by atoms with Crippen molar-refractivity contribution >= 4 is 6.09 Å². The van der Waals surface area contributed by atoms with Crippen molar-refractivity contribution in [3.05, 3.63) is 0 Å². The third-order valence-corrected chi connectivity index (χ3v) is 2.69. The molecule has 1 aliphatic rings. The predicted octanol–water partition coefficient (Wildman–Crippen LogP) is 2.99. The van der Waals surface area contributed by atoms with Gasteiger partial charge in [0, 0.05) is 13.1 Å². The number of ether oxygens (including phenoxy) is 1. The molecule has 1 rings (SSSR count). The Morgan fingerprint density at radius 2 is 2.19 bits per heavy atom. The van der Waals surface area contributed by atoms with Gasteiger partial charge in [0.2, 0.25) is 0 Å². The number of rotatable bonds is 2. The Morgan fingerprint density at radius 1 is 1.50 bits per heavy atom. The van der Waals surface area contributed by atoms with Gasteiger partial charge < -0.3 is 9.64 Å². The lowest BCUT2D eigenvalue weighted by Crippen LogP contribution is -2.42. The van der Waals surface area contributed by atoms with Crippen LogP contribution in [0.25, 0.3) is 0 Å². The molecule has 1 fully saturated rings. The number of alkyl halides is 1. The van der Waals surface area contributed by atoms with E-state index in [4.69, 9.17) is 4.74 Å². The Bertz CT molecular complexity index is 236. The number of carbonyl (C=O) groups excluding carboxylic acids is 1. The molecule has 0 aromatic heterocycles. The predicted molar refractivity (Wildman–Crippen MR) is 61.1 cm³/mol. The molecule has 0 saturated carbocycles. The smallest absolute Gasteiger partial charge is 0.410 e. The van der Waals surface area contributed by atoms with Crippen LogP contribution in [0.2, 0.25) is 0 Å². The first-order valence-electron chi connectivity index (χ1n) is 5.96. The van der Waals surface area contributed by atoms with E-state index in [0.29, 0.717) is 18.9 Å². The average molecular weight is 231 g/mol. The second-order valence-electron chi connectivity index (χ2n) is 5.41. The molecule has 0 aliphatic carbocycles. The number of likely N-dealkylation sites (tertiary alicyclic amines) is 1. The van der Waals surface area contributed by atoms with Gasteiger partial charge in [-0.15, -0.1) is 0 Å². The fraction of sp³-hybridized carbons (Fsp3) is 0.917. The van der Waals surface area contributed by atoms with Gasteiger partial charge in [-0.2, -0.15) is 0 Å². The Balaban J connectivity index is 2.44. The van der Waals surface area contributed by atoms with E-state index in [2.05, 4.69) is 0 Å². The van der Waals surface area contributed by atoms with Crippen LogP contribution in [0.4, 0.5) is 9.18 Å². The second kappa shape index (κ2) is 5.51. The van der Waals surface area contributed by atoms with Gasteiger partial charge in [-0.1, -0.05) is 0 Å². The third-order valence-electron chi connectivity index (χ3n) is 2.69. The van der Waals surface area contributed by atoms with Crippen LogP contribution in [0, 0.1) is 5.92 Å². The molecule has 1 amide bonds. The van der Waals surface area contributed by atoms with E-state index in [0.717, 1.165) is 19.4 Å². The van der Waals surface area contributed by atoms with E-state index in [-0.39, 0.29) is 12.8 Å². The van der Waals surface area contributed by atoms with Crippen LogP contribution in [0.1, 0.15) is 40.0 Å². The molecule has 0 N–H and O–H groups in total. The second-order valence-corrected chi connectivity index (χ2v) is 5.41. The van der Waals surface area contributed by atoms with Gasteiger partial charge >= 0.3 is 6.09 Å². The molecule has 1 unspecified atom stereocenters. The monoisotopic (exact) mass is 231 g/mol. The first-order chi connectivity index (χ1) is 7.42. The summed E-state index contributed by atoms with van der Waals surface area (Å²) in [6.45, 7) is 6.64. The van der Waals surface area contributed by atoms with Crippen molar-refractivity contribution in [1.29, 1.82) is 0 Å². The first kappa shape index (κ1) is 13.3. The molecule has 1 aliphatic heterocycles. The molecule has 0 aromatic carbocycles. The number of nitrogens with zero attached hydrogens (tertiary/aromatic N) is 1. The van der Waals surface area contributed by atoms with Gasteiger partial charge in [-0.05, 0) is 46.0 Å². The van der Waals surface area contributed by atoms with Crippen LogP contribution >= 0.6 is 0 Å². The number of carbonyl (C=O) groups is 1. The Hall–Kier alpha value is -0.800. The van der Waals surface area contributed by atoms with Crippen LogP contribution in [0.3, 0.4) is 0 Å². The van der Waals surface area contributed by atoms with Crippen LogP contribution < -0.4 is 0 Å². The summed E-state index contributed by atoms with van der Waals surface area (Å²) >= 11 is 0. The Morgan fingerprint density at radius 3 is 2.75 bits per heavy atom. The fourth-order valence-electron chi connectivity index (χ4n) is 1.95. The van der Waals surface area contributed by atoms with Gasteiger partial charge in [-0.25, -0.2) is 4.79 Å². The number of hydrogen-bond acceptors (Lipinski definition) is 2. The SMILES string of the molecule is CC(C)(C)OC(=O)N1CCCC(CCF)C1. The molecule has 16 heavy (non-hydrogen) atoms. The van der Waals surface area contributed by atoms with Gasteiger partial charge in [0.05, 0.1) is 6.67 Å². The first-order valence-corrected chi connectivity index (χ1v) is 5.96. The molecule has 0 spiro atoms. The molecule has 1 atom stereocenters. The highest BCUT2D eigenvalue weighted by molar-refractivity contribution is 5.68. The maximum absolute atomic E-state index is 12.2. The van der Waals surface area contributed by atoms with Gasteiger partial charge in [0.25, 0.3) is 0 Å². The molecule has 3 nitrogen and oxygen atoms in total. The summed E-state index contributed by atoms with van der Waals surface area (Å²) in [6.07, 6.45) is 2.25. The lowest BCUT2D eigenvalue weighted by atomic mass is 9.96. The molecule has 1 saturated heterocycles. The average Bonchev–Trinajstić information content (AvgIpc) is 2.16. The normalized spacial score (nSPS) is 22.0. The molecule has 4 heteroatoms. The molecular weight excluding hydrogens is 209 g/mol. The van der Waals surface area contributed by atoms with Gasteiger partial charge in [0.15, 0.2) is 0 Å². The van der Waals surface area contributed by atoms with Gasteiger partial charge in [0.1, 0.15) is 5.60 Å². The van der Waals surface area contributed by atoms with Crippen LogP contribution in [-0.2, 0) is 4.74 Å². The summed E-state index contributed by atoms with van der Waals surface area (Å²) in [5.41, 5.74) is -0.454. The van der Waals surface area contributed by atoms with Crippen LogP contribution in [-0.4, -0.2) is 36.4 Å². The van der Waals surface area contributed by atoms with Crippen LogP contribution in [0.5, 0.6) is 0 Å². The van der Waals surface area contributed by atoms with Crippen molar-refractivity contribution < 1.29 is 13.9 Å². The quantitative estimate of drug-likeness (QED) is 0.731. The highest BCUT2D eigenvalue weighted by atomic mass is 19.1. The molecule has 0 radical (unpaired) electrons. The van der Waals surface area contributed by atoms with Crippen molar-refractivity contribution in [3.63, 3.8) is 0 Å². The number of piperidine rings is 1. The van der Waals surface area contributed by atoms with Crippen molar-refractivity contribution in [2.45, 2.75) is 45.6 Å². The maximum Gasteiger partial charge on any atom is 0.410 e.